The summed E-state index contributed by atoms with van der Waals surface area (Å²) in [5, 5.41) is 8.80. The Morgan fingerprint density at radius 1 is 1.39 bits per heavy atom. The van der Waals surface area contributed by atoms with Crippen molar-refractivity contribution in [1.82, 2.24) is 15.5 Å². The quantitative estimate of drug-likeness (QED) is 0.259. The molecule has 0 aliphatic carbocycles. The van der Waals surface area contributed by atoms with Crippen LogP contribution in [0.4, 0.5) is 0 Å². The zero-order valence-corrected chi connectivity index (χ0v) is 20.8. The van der Waals surface area contributed by atoms with Gasteiger partial charge in [0.2, 0.25) is 0 Å². The van der Waals surface area contributed by atoms with E-state index in [0.29, 0.717) is 17.9 Å². The van der Waals surface area contributed by atoms with Crippen molar-refractivity contribution in [3.05, 3.63) is 22.4 Å². The van der Waals surface area contributed by atoms with Crippen molar-refractivity contribution in [2.24, 2.45) is 10.9 Å². The molecule has 0 spiro atoms. The number of esters is 1. The molecule has 2 rings (SSSR count). The summed E-state index contributed by atoms with van der Waals surface area (Å²) in [6.45, 7) is 10.3. The van der Waals surface area contributed by atoms with Crippen molar-refractivity contribution in [3.63, 3.8) is 0 Å². The maximum Gasteiger partial charge on any atom is 0.328 e. The normalized spacial score (nSPS) is 21.0. The van der Waals surface area contributed by atoms with Gasteiger partial charge in [-0.15, -0.1) is 35.3 Å². The van der Waals surface area contributed by atoms with Crippen molar-refractivity contribution >= 4 is 47.2 Å². The smallest absolute Gasteiger partial charge is 0.328 e. The summed E-state index contributed by atoms with van der Waals surface area (Å²) >= 11 is 1.82. The van der Waals surface area contributed by atoms with E-state index in [0.717, 1.165) is 19.6 Å². The Bertz CT molecular complexity index is 616. The standard InChI is InChI=1S/C20H34N4O2S.HI/c1-6-21-19(23-14-17(25)26-20(2,3)4)22-13-15-9-7-11-24(5)18(15)16-10-8-12-27-16;/h8,10,12,15,18H,6-7,9,11,13-14H2,1-5H3,(H2,21,22,23);1H. The maximum atomic E-state index is 11.9. The molecule has 0 radical (unpaired) electrons. The van der Waals surface area contributed by atoms with Gasteiger partial charge in [-0.25, -0.2) is 4.99 Å². The molecule has 1 aliphatic rings. The third kappa shape index (κ3) is 8.24. The molecule has 0 bridgehead atoms. The number of rotatable bonds is 6. The van der Waals surface area contributed by atoms with Crippen LogP contribution in [-0.2, 0) is 9.53 Å². The minimum absolute atomic E-state index is 0. The number of carbonyl (C=O) groups excluding carboxylic acids is 1. The minimum Gasteiger partial charge on any atom is -0.459 e. The molecule has 6 nitrogen and oxygen atoms in total. The molecule has 0 amide bonds. The van der Waals surface area contributed by atoms with Crippen molar-refractivity contribution in [3.8, 4) is 0 Å². The molecular formula is C20H35IN4O2S. The number of ether oxygens (including phenoxy) is 1. The Balaban J connectivity index is 0.00000392. The third-order valence-electron chi connectivity index (χ3n) is 4.50. The zero-order chi connectivity index (χ0) is 19.9. The van der Waals surface area contributed by atoms with Gasteiger partial charge in [0.1, 0.15) is 12.1 Å². The summed E-state index contributed by atoms with van der Waals surface area (Å²) in [5.41, 5.74) is -0.487. The molecule has 8 heteroatoms. The van der Waals surface area contributed by atoms with Gasteiger partial charge in [-0.3, -0.25) is 9.69 Å². The van der Waals surface area contributed by atoms with Gasteiger partial charge >= 0.3 is 5.97 Å². The molecule has 2 N–H and O–H groups in total. The number of hydrogen-bond acceptors (Lipinski definition) is 5. The summed E-state index contributed by atoms with van der Waals surface area (Å²) in [4.78, 5) is 20.2. The highest BCUT2D eigenvalue weighted by Crippen LogP contribution is 2.36. The number of hydrogen-bond donors (Lipinski definition) is 2. The molecule has 160 valence electrons. The second-order valence-electron chi connectivity index (χ2n) is 8.01. The monoisotopic (exact) mass is 522 g/mol. The fourth-order valence-electron chi connectivity index (χ4n) is 3.47. The number of thiophene rings is 1. The topological polar surface area (TPSA) is 66.0 Å². The predicted octanol–water partition coefficient (Wildman–Crippen LogP) is 3.65. The minimum atomic E-state index is -0.487. The van der Waals surface area contributed by atoms with E-state index in [9.17, 15) is 4.79 Å². The summed E-state index contributed by atoms with van der Waals surface area (Å²) in [7, 11) is 2.21. The molecule has 1 saturated heterocycles. The van der Waals surface area contributed by atoms with Crippen LogP contribution in [0.1, 0.15) is 51.5 Å². The second-order valence-corrected chi connectivity index (χ2v) is 8.98. The van der Waals surface area contributed by atoms with E-state index < -0.39 is 5.60 Å². The van der Waals surface area contributed by atoms with Crippen LogP contribution in [0.5, 0.6) is 0 Å². The Kier molecular flexibility index (Phi) is 10.8. The average molecular weight is 522 g/mol. The van der Waals surface area contributed by atoms with Gasteiger partial charge in [0.05, 0.1) is 0 Å². The average Bonchev–Trinajstić information content (AvgIpc) is 3.10. The third-order valence-corrected chi connectivity index (χ3v) is 5.45. The van der Waals surface area contributed by atoms with Crippen molar-refractivity contribution in [2.75, 3.05) is 33.2 Å². The van der Waals surface area contributed by atoms with E-state index in [-0.39, 0.29) is 36.5 Å². The van der Waals surface area contributed by atoms with Gasteiger partial charge in [0.25, 0.3) is 0 Å². The molecule has 1 aromatic heterocycles. The summed E-state index contributed by atoms with van der Waals surface area (Å²) in [6.07, 6.45) is 2.39. The second kappa shape index (κ2) is 12.0. The summed E-state index contributed by atoms with van der Waals surface area (Å²) in [5.74, 6) is 0.864. The molecule has 1 aliphatic heterocycles. The molecule has 2 heterocycles. The lowest BCUT2D eigenvalue weighted by molar-refractivity contribution is -0.152. The number of piperidine rings is 1. The van der Waals surface area contributed by atoms with Gasteiger partial charge in [-0.1, -0.05) is 6.07 Å². The van der Waals surface area contributed by atoms with E-state index in [2.05, 4.69) is 45.1 Å². The number of nitrogens with one attached hydrogen (secondary N) is 2. The van der Waals surface area contributed by atoms with Crippen LogP contribution in [0, 0.1) is 5.92 Å². The first-order valence-corrected chi connectivity index (χ1v) is 10.7. The van der Waals surface area contributed by atoms with E-state index in [1.54, 1.807) is 0 Å². The van der Waals surface area contributed by atoms with Gasteiger partial charge < -0.3 is 15.4 Å². The van der Waals surface area contributed by atoms with E-state index in [1.807, 2.05) is 39.0 Å². The van der Waals surface area contributed by atoms with Gasteiger partial charge in [-0.2, -0.15) is 0 Å². The number of halogens is 1. The molecule has 2 atom stereocenters. The molecule has 2 unspecified atom stereocenters. The lowest BCUT2D eigenvalue weighted by atomic mass is 9.88. The number of aliphatic imine (C=N–C) groups is 1. The molecular weight excluding hydrogens is 487 g/mol. The van der Waals surface area contributed by atoms with E-state index >= 15 is 0 Å². The van der Waals surface area contributed by atoms with Crippen LogP contribution in [0.25, 0.3) is 0 Å². The largest absolute Gasteiger partial charge is 0.459 e. The molecule has 0 saturated carbocycles. The van der Waals surface area contributed by atoms with Crippen molar-refractivity contribution in [1.29, 1.82) is 0 Å². The fourth-order valence-corrected chi connectivity index (χ4v) is 4.45. The van der Waals surface area contributed by atoms with E-state index in [1.165, 1.54) is 17.7 Å². The predicted molar refractivity (Wildman–Crippen MR) is 128 cm³/mol. The first-order chi connectivity index (χ1) is 12.8. The highest BCUT2D eigenvalue weighted by molar-refractivity contribution is 14.0. The SMILES string of the molecule is CCNC(=NCC(=O)OC(C)(C)C)NCC1CCCN(C)C1c1cccs1.I. The molecule has 28 heavy (non-hydrogen) atoms. The number of likely N-dealkylation sites (tertiary alicyclic amines) is 1. The Morgan fingerprint density at radius 2 is 2.14 bits per heavy atom. The lowest BCUT2D eigenvalue weighted by Gasteiger charge is -2.39. The number of guanidine groups is 1. The Labute approximate surface area is 190 Å². The maximum absolute atomic E-state index is 11.9. The van der Waals surface area contributed by atoms with Crippen LogP contribution in [-0.4, -0.2) is 55.7 Å². The first kappa shape index (κ1) is 25.2. The van der Waals surface area contributed by atoms with Crippen molar-refractivity contribution in [2.45, 2.75) is 52.2 Å². The molecule has 1 fully saturated rings. The lowest BCUT2D eigenvalue weighted by Crippen LogP contribution is -2.45. The number of carbonyl (C=O) groups is 1. The van der Waals surface area contributed by atoms with Gasteiger partial charge in [-0.05, 0) is 71.5 Å². The summed E-state index contributed by atoms with van der Waals surface area (Å²) in [6, 6.07) is 4.78. The van der Waals surface area contributed by atoms with Crippen LogP contribution in [0.2, 0.25) is 0 Å². The van der Waals surface area contributed by atoms with Crippen molar-refractivity contribution < 1.29 is 9.53 Å². The summed E-state index contributed by atoms with van der Waals surface area (Å²) < 4.78 is 5.33. The van der Waals surface area contributed by atoms with E-state index in [4.69, 9.17) is 4.74 Å². The zero-order valence-electron chi connectivity index (χ0n) is 17.7. The highest BCUT2D eigenvalue weighted by Gasteiger charge is 2.31. The van der Waals surface area contributed by atoms with Crippen LogP contribution in [0.3, 0.4) is 0 Å². The number of nitrogens with zero attached hydrogens (tertiary/aromatic N) is 2. The fraction of sp³-hybridized carbons (Fsp3) is 0.700. The van der Waals surface area contributed by atoms with Crippen LogP contribution in [0.15, 0.2) is 22.5 Å². The highest BCUT2D eigenvalue weighted by atomic mass is 127. The Morgan fingerprint density at radius 3 is 2.75 bits per heavy atom. The van der Waals surface area contributed by atoms with Gasteiger partial charge in [0.15, 0.2) is 5.96 Å². The molecule has 0 aromatic carbocycles. The first-order valence-electron chi connectivity index (χ1n) is 9.78. The van der Waals surface area contributed by atoms with Crippen LogP contribution < -0.4 is 10.6 Å². The van der Waals surface area contributed by atoms with Crippen LogP contribution >= 0.6 is 35.3 Å². The molecule has 1 aromatic rings. The Hall–Kier alpha value is -0.870. The van der Waals surface area contributed by atoms with Gasteiger partial charge in [0, 0.05) is 24.0 Å².